The molecule has 0 radical (unpaired) electrons. The Bertz CT molecular complexity index is 1210. The van der Waals surface area contributed by atoms with Gasteiger partial charge < -0.3 is 5.32 Å². The molecule has 2 atom stereocenters. The topological polar surface area (TPSA) is 64.0 Å². The summed E-state index contributed by atoms with van der Waals surface area (Å²) in [4.78, 5) is 31.3. The van der Waals surface area contributed by atoms with Gasteiger partial charge >= 0.3 is 0 Å². The minimum atomic E-state index is -0.111. The van der Waals surface area contributed by atoms with Crippen LogP contribution in [0, 0.1) is 6.92 Å². The number of nitrogens with one attached hydrogen (secondary N) is 1. The first-order chi connectivity index (χ1) is 15.6. The minimum absolute atomic E-state index is 0.0184. The van der Waals surface area contributed by atoms with Crippen molar-refractivity contribution >= 4 is 35.1 Å². The molecule has 32 heavy (non-hydrogen) atoms. The molecule has 1 aliphatic carbocycles. The Morgan fingerprint density at radius 2 is 1.88 bits per heavy atom. The van der Waals surface area contributed by atoms with E-state index in [1.165, 1.54) is 24.6 Å². The van der Waals surface area contributed by atoms with E-state index in [2.05, 4.69) is 5.32 Å². The molecule has 3 aromatic rings. The standard InChI is InChI=1S/C25H25N3O2S2/c1-16-9-5-7-13-19(16)26-21(29)15-31-25-27-23-22(18-12-6-8-14-20(18)32-23)24(30)28(25)17-10-3-2-4-11-17/h2-5,7,9-11,13,18,20H,6,8,12,14-15H2,1H3,(H,26,29). The molecule has 1 aliphatic heterocycles. The zero-order valence-corrected chi connectivity index (χ0v) is 19.5. The van der Waals surface area contributed by atoms with E-state index in [1.807, 2.05) is 61.5 Å². The third-order valence-electron chi connectivity index (χ3n) is 6.15. The molecule has 0 bridgehead atoms. The van der Waals surface area contributed by atoms with Crippen molar-refractivity contribution in [2.24, 2.45) is 0 Å². The van der Waals surface area contributed by atoms with Crippen LogP contribution in [-0.4, -0.2) is 26.5 Å². The molecule has 0 spiro atoms. The summed E-state index contributed by atoms with van der Waals surface area (Å²) >= 11 is 3.07. The number of anilines is 1. The number of hydrogen-bond donors (Lipinski definition) is 1. The largest absolute Gasteiger partial charge is 0.325 e. The number of rotatable bonds is 5. The highest BCUT2D eigenvalue weighted by Crippen LogP contribution is 2.50. The van der Waals surface area contributed by atoms with Crippen LogP contribution in [0.15, 0.2) is 69.6 Å². The fourth-order valence-corrected chi connectivity index (χ4v) is 6.92. The number of para-hydroxylation sites is 2. The van der Waals surface area contributed by atoms with Crippen LogP contribution in [0.1, 0.15) is 42.7 Å². The summed E-state index contributed by atoms with van der Waals surface area (Å²) in [5.41, 5.74) is 3.50. The van der Waals surface area contributed by atoms with Gasteiger partial charge in [-0.15, -0.1) is 11.8 Å². The van der Waals surface area contributed by atoms with Gasteiger partial charge in [0.1, 0.15) is 5.03 Å². The first-order valence-corrected chi connectivity index (χ1v) is 12.9. The maximum atomic E-state index is 13.7. The molecule has 2 heterocycles. The molecule has 2 aliphatic rings. The molecule has 164 valence electrons. The fraction of sp³-hybridized carbons (Fsp3) is 0.320. The molecule has 1 saturated carbocycles. The molecule has 5 nitrogen and oxygen atoms in total. The van der Waals surface area contributed by atoms with Crippen LogP contribution in [0.5, 0.6) is 0 Å². The molecule has 1 aromatic heterocycles. The monoisotopic (exact) mass is 463 g/mol. The Kier molecular flexibility index (Phi) is 6.11. The zero-order valence-electron chi connectivity index (χ0n) is 17.9. The van der Waals surface area contributed by atoms with Gasteiger partial charge in [-0.3, -0.25) is 14.2 Å². The number of fused-ring (bicyclic) bond motifs is 3. The Morgan fingerprint density at radius 3 is 2.69 bits per heavy atom. The molecule has 2 aromatic carbocycles. The lowest BCUT2D eigenvalue weighted by Gasteiger charge is -2.24. The van der Waals surface area contributed by atoms with Crippen molar-refractivity contribution in [2.75, 3.05) is 11.1 Å². The van der Waals surface area contributed by atoms with E-state index in [1.54, 1.807) is 16.3 Å². The fourth-order valence-electron chi connectivity index (χ4n) is 4.55. The highest BCUT2D eigenvalue weighted by Gasteiger charge is 2.39. The van der Waals surface area contributed by atoms with Crippen molar-refractivity contribution in [2.45, 2.75) is 54.0 Å². The summed E-state index contributed by atoms with van der Waals surface area (Å²) in [7, 11) is 0. The third-order valence-corrected chi connectivity index (χ3v) is 8.49. The normalized spacial score (nSPS) is 19.3. The highest BCUT2D eigenvalue weighted by atomic mass is 32.2. The molecular weight excluding hydrogens is 438 g/mol. The van der Waals surface area contributed by atoms with E-state index in [0.29, 0.717) is 16.3 Å². The number of amides is 1. The lowest BCUT2D eigenvalue weighted by molar-refractivity contribution is -0.113. The van der Waals surface area contributed by atoms with Gasteiger partial charge in [0.05, 0.1) is 17.0 Å². The predicted molar refractivity (Wildman–Crippen MR) is 131 cm³/mol. The van der Waals surface area contributed by atoms with E-state index >= 15 is 0 Å². The lowest BCUT2D eigenvalue weighted by atomic mass is 9.85. The second kappa shape index (κ2) is 9.16. The SMILES string of the molecule is Cc1ccccc1NC(=O)CSc1nc2c(c(=O)n1-c1ccccc1)C1CCCCC1S2. The van der Waals surface area contributed by atoms with Gasteiger partial charge in [-0.1, -0.05) is 61.0 Å². The van der Waals surface area contributed by atoms with Crippen molar-refractivity contribution in [3.8, 4) is 5.69 Å². The quantitative estimate of drug-likeness (QED) is 0.312. The number of benzene rings is 2. The average molecular weight is 464 g/mol. The van der Waals surface area contributed by atoms with Crippen molar-refractivity contribution in [1.29, 1.82) is 0 Å². The maximum absolute atomic E-state index is 13.7. The molecule has 7 heteroatoms. The number of aromatic nitrogens is 2. The Labute approximate surface area is 196 Å². The molecule has 0 saturated heterocycles. The van der Waals surface area contributed by atoms with Gasteiger partial charge in [0.15, 0.2) is 5.16 Å². The smallest absolute Gasteiger partial charge is 0.263 e. The third kappa shape index (κ3) is 4.11. The van der Waals surface area contributed by atoms with E-state index in [4.69, 9.17) is 4.98 Å². The van der Waals surface area contributed by atoms with Crippen LogP contribution < -0.4 is 10.9 Å². The summed E-state index contributed by atoms with van der Waals surface area (Å²) in [5, 5.41) is 4.86. The van der Waals surface area contributed by atoms with Gasteiger partial charge in [-0.05, 0) is 43.5 Å². The summed E-state index contributed by atoms with van der Waals surface area (Å²) < 4.78 is 1.70. The highest BCUT2D eigenvalue weighted by molar-refractivity contribution is 8.00. The van der Waals surface area contributed by atoms with Crippen LogP contribution in [0.25, 0.3) is 5.69 Å². The lowest BCUT2D eigenvalue weighted by Crippen LogP contribution is -2.29. The number of nitrogens with zero attached hydrogens (tertiary/aromatic N) is 2. The second-order valence-electron chi connectivity index (χ2n) is 8.29. The Morgan fingerprint density at radius 1 is 1.12 bits per heavy atom. The molecule has 1 amide bonds. The molecule has 5 rings (SSSR count). The maximum Gasteiger partial charge on any atom is 0.263 e. The van der Waals surface area contributed by atoms with Crippen molar-refractivity contribution in [3.63, 3.8) is 0 Å². The van der Waals surface area contributed by atoms with Crippen molar-refractivity contribution in [1.82, 2.24) is 9.55 Å². The van der Waals surface area contributed by atoms with E-state index in [-0.39, 0.29) is 17.2 Å². The van der Waals surface area contributed by atoms with E-state index in [0.717, 1.165) is 40.4 Å². The van der Waals surface area contributed by atoms with Crippen LogP contribution >= 0.6 is 23.5 Å². The predicted octanol–water partition coefficient (Wildman–Crippen LogP) is 5.40. The average Bonchev–Trinajstić information content (AvgIpc) is 3.18. The van der Waals surface area contributed by atoms with Crippen molar-refractivity contribution in [3.05, 3.63) is 76.1 Å². The first-order valence-electron chi connectivity index (χ1n) is 11.0. The number of carbonyl (C=O) groups is 1. The van der Waals surface area contributed by atoms with Crippen LogP contribution in [0.3, 0.4) is 0 Å². The van der Waals surface area contributed by atoms with Crippen LogP contribution in [-0.2, 0) is 4.79 Å². The van der Waals surface area contributed by atoms with Crippen LogP contribution in [0.2, 0.25) is 0 Å². The Hall–Kier alpha value is -2.51. The summed E-state index contributed by atoms with van der Waals surface area (Å²) in [6.07, 6.45) is 4.58. The summed E-state index contributed by atoms with van der Waals surface area (Å²) in [6.45, 7) is 1.97. The first kappa shape index (κ1) is 21.3. The number of hydrogen-bond acceptors (Lipinski definition) is 5. The minimum Gasteiger partial charge on any atom is -0.325 e. The molecule has 2 unspecified atom stereocenters. The summed E-state index contributed by atoms with van der Waals surface area (Å²) in [5.74, 6) is 0.367. The number of thioether (sulfide) groups is 2. The molecule has 1 N–H and O–H groups in total. The molecular formula is C25H25N3O2S2. The Balaban J connectivity index is 1.47. The second-order valence-corrected chi connectivity index (χ2v) is 10.5. The summed E-state index contributed by atoms with van der Waals surface area (Å²) in [6, 6.07) is 17.3. The van der Waals surface area contributed by atoms with E-state index < -0.39 is 0 Å². The molecule has 1 fully saturated rings. The van der Waals surface area contributed by atoms with Crippen LogP contribution in [0.4, 0.5) is 5.69 Å². The number of aryl methyl sites for hydroxylation is 1. The van der Waals surface area contributed by atoms with Gasteiger partial charge in [-0.2, -0.15) is 0 Å². The van der Waals surface area contributed by atoms with Gasteiger partial charge in [0.25, 0.3) is 5.56 Å². The van der Waals surface area contributed by atoms with Crippen molar-refractivity contribution < 1.29 is 4.79 Å². The zero-order chi connectivity index (χ0) is 22.1. The van der Waals surface area contributed by atoms with Gasteiger partial charge in [-0.25, -0.2) is 4.98 Å². The number of carbonyl (C=O) groups excluding carboxylic acids is 1. The van der Waals surface area contributed by atoms with Gasteiger partial charge in [0.2, 0.25) is 5.91 Å². The van der Waals surface area contributed by atoms with E-state index in [9.17, 15) is 9.59 Å². The van der Waals surface area contributed by atoms with Gasteiger partial charge in [0, 0.05) is 16.9 Å².